The van der Waals surface area contributed by atoms with Crippen molar-refractivity contribution in [2.75, 3.05) is 13.1 Å². The molecule has 0 unspecified atom stereocenters. The van der Waals surface area contributed by atoms with Gasteiger partial charge in [-0.05, 0) is 0 Å². The van der Waals surface area contributed by atoms with E-state index in [1.807, 2.05) is 0 Å². The average molecular weight is 220 g/mol. The molecule has 65 valence electrons. The van der Waals surface area contributed by atoms with Gasteiger partial charge in [-0.1, -0.05) is 0 Å². The van der Waals surface area contributed by atoms with Crippen LogP contribution in [0, 0.1) is 0 Å². The molecule has 1 N–H and O–H groups in total. The fourth-order valence-corrected chi connectivity index (χ4v) is 1.05. The van der Waals surface area contributed by atoms with E-state index >= 15 is 0 Å². The first kappa shape index (κ1) is 11.0. The van der Waals surface area contributed by atoms with E-state index in [0.29, 0.717) is 0 Å². The first-order valence-electron chi connectivity index (χ1n) is 4.26. The summed E-state index contributed by atoms with van der Waals surface area (Å²) in [5.74, 6) is 0. The fraction of sp³-hybridized carbons (Fsp3) is 0.875. The standard InChI is InChI=1S/C8H17N2Se/c1-3-5-7-10-8(11)9-6-4-2/h3-7H2,1-2H3,(H,9,10). The number of rotatable bonds is 5. The third kappa shape index (κ3) is 7.89. The van der Waals surface area contributed by atoms with Gasteiger partial charge in [0.15, 0.2) is 0 Å². The second kappa shape index (κ2) is 8.09. The summed E-state index contributed by atoms with van der Waals surface area (Å²) in [4.78, 5) is 4.26. The Kier molecular flexibility index (Phi) is 8.08. The molecular weight excluding hydrogens is 203 g/mol. The number of hydrogen-bond acceptors (Lipinski definition) is 1. The maximum atomic E-state index is 4.26. The maximum absolute atomic E-state index is 4.26. The zero-order chi connectivity index (χ0) is 8.53. The van der Waals surface area contributed by atoms with E-state index in [-0.39, 0.29) is 0 Å². The summed E-state index contributed by atoms with van der Waals surface area (Å²) in [7, 11) is 0. The molecule has 0 bridgehead atoms. The molecule has 11 heavy (non-hydrogen) atoms. The van der Waals surface area contributed by atoms with Crippen molar-refractivity contribution >= 4 is 20.7 Å². The Morgan fingerprint density at radius 1 is 1.36 bits per heavy atom. The van der Waals surface area contributed by atoms with Crippen molar-refractivity contribution in [3.63, 3.8) is 0 Å². The molecule has 0 amide bonds. The predicted molar refractivity (Wildman–Crippen MR) is 51.3 cm³/mol. The molecule has 0 aromatic rings. The zero-order valence-electron chi connectivity index (χ0n) is 7.39. The minimum atomic E-state index is 0.918. The van der Waals surface area contributed by atoms with Gasteiger partial charge >= 0.3 is 77.3 Å². The molecule has 0 aromatic heterocycles. The van der Waals surface area contributed by atoms with Crippen LogP contribution in [0.3, 0.4) is 0 Å². The number of amidine groups is 1. The predicted octanol–water partition coefficient (Wildman–Crippen LogP) is 1.31. The molecule has 0 aliphatic heterocycles. The van der Waals surface area contributed by atoms with Crippen molar-refractivity contribution in [3.8, 4) is 0 Å². The van der Waals surface area contributed by atoms with Crippen LogP contribution in [0.15, 0.2) is 4.99 Å². The van der Waals surface area contributed by atoms with Crippen molar-refractivity contribution in [1.82, 2.24) is 5.32 Å². The monoisotopic (exact) mass is 221 g/mol. The van der Waals surface area contributed by atoms with Crippen LogP contribution in [-0.4, -0.2) is 33.8 Å². The molecule has 0 fully saturated rings. The van der Waals surface area contributed by atoms with Gasteiger partial charge in [-0.25, -0.2) is 0 Å². The normalized spacial score (nSPS) is 11.6. The summed E-state index contributed by atoms with van der Waals surface area (Å²) in [5, 5.41) is 3.21. The van der Waals surface area contributed by atoms with Gasteiger partial charge in [-0.3, -0.25) is 0 Å². The zero-order valence-corrected chi connectivity index (χ0v) is 9.10. The number of aliphatic imine (C=N–C) groups is 1. The summed E-state index contributed by atoms with van der Waals surface area (Å²) in [5.41, 5.74) is 0. The Morgan fingerprint density at radius 2 is 2.09 bits per heavy atom. The number of nitrogens with one attached hydrogen (secondary N) is 1. The van der Waals surface area contributed by atoms with E-state index < -0.39 is 0 Å². The van der Waals surface area contributed by atoms with E-state index in [9.17, 15) is 0 Å². The van der Waals surface area contributed by atoms with Gasteiger partial charge in [0.2, 0.25) is 0 Å². The van der Waals surface area contributed by atoms with Crippen molar-refractivity contribution in [2.24, 2.45) is 4.99 Å². The average Bonchev–Trinajstić information content (AvgIpc) is 2.01. The van der Waals surface area contributed by atoms with E-state index in [4.69, 9.17) is 0 Å². The van der Waals surface area contributed by atoms with Gasteiger partial charge in [-0.2, -0.15) is 0 Å². The number of hydrogen-bond donors (Lipinski definition) is 1. The Morgan fingerprint density at radius 3 is 2.64 bits per heavy atom. The van der Waals surface area contributed by atoms with Crippen LogP contribution in [0.2, 0.25) is 0 Å². The summed E-state index contributed by atoms with van der Waals surface area (Å²) in [6.07, 6.45) is 3.56. The Labute approximate surface area is 77.7 Å². The Hall–Kier alpha value is -0.0105. The Bertz CT molecular complexity index is 113. The molecular formula is C8H17N2Se. The van der Waals surface area contributed by atoms with Crippen LogP contribution in [0.1, 0.15) is 33.1 Å². The molecule has 3 heteroatoms. The molecule has 0 heterocycles. The van der Waals surface area contributed by atoms with Crippen molar-refractivity contribution in [1.29, 1.82) is 0 Å². The molecule has 0 rings (SSSR count). The summed E-state index contributed by atoms with van der Waals surface area (Å²) in [6, 6.07) is 0. The van der Waals surface area contributed by atoms with Gasteiger partial charge in [0, 0.05) is 0 Å². The van der Waals surface area contributed by atoms with Crippen molar-refractivity contribution in [2.45, 2.75) is 33.1 Å². The van der Waals surface area contributed by atoms with Crippen molar-refractivity contribution in [3.05, 3.63) is 0 Å². The van der Waals surface area contributed by atoms with Crippen LogP contribution in [0.4, 0.5) is 0 Å². The van der Waals surface area contributed by atoms with Crippen molar-refractivity contribution < 1.29 is 0 Å². The molecule has 0 aliphatic rings. The molecule has 0 aromatic carbocycles. The van der Waals surface area contributed by atoms with Crippen LogP contribution in [0.5, 0.6) is 0 Å². The van der Waals surface area contributed by atoms with E-state index in [1.165, 1.54) is 12.8 Å². The van der Waals surface area contributed by atoms with Gasteiger partial charge in [0.25, 0.3) is 0 Å². The third-order valence-electron chi connectivity index (χ3n) is 1.29. The van der Waals surface area contributed by atoms with E-state index in [0.717, 1.165) is 24.2 Å². The second-order valence-corrected chi connectivity index (χ2v) is 3.28. The first-order chi connectivity index (χ1) is 5.31. The second-order valence-electron chi connectivity index (χ2n) is 2.47. The van der Waals surface area contributed by atoms with Gasteiger partial charge in [-0.15, -0.1) is 0 Å². The molecule has 2 nitrogen and oxygen atoms in total. The Balaban J connectivity index is 3.27. The van der Waals surface area contributed by atoms with Crippen LogP contribution in [-0.2, 0) is 0 Å². The van der Waals surface area contributed by atoms with Gasteiger partial charge < -0.3 is 0 Å². The quantitative estimate of drug-likeness (QED) is 0.321. The summed E-state index contributed by atoms with van der Waals surface area (Å²) in [6.45, 7) is 6.26. The number of nitrogens with zero attached hydrogens (tertiary/aromatic N) is 1. The van der Waals surface area contributed by atoms with Crippen LogP contribution < -0.4 is 5.32 Å². The molecule has 0 atom stereocenters. The fourth-order valence-electron chi connectivity index (χ4n) is 0.641. The summed E-state index contributed by atoms with van der Waals surface area (Å²) >= 11 is 2.91. The number of unbranched alkanes of at least 4 members (excludes halogenated alkanes) is 1. The third-order valence-corrected chi connectivity index (χ3v) is 1.86. The topological polar surface area (TPSA) is 24.4 Å². The molecule has 1 radical (unpaired) electrons. The van der Waals surface area contributed by atoms with Crippen LogP contribution >= 0.6 is 0 Å². The first-order valence-corrected chi connectivity index (χ1v) is 5.12. The molecule has 0 aliphatic carbocycles. The minimum absolute atomic E-state index is 0.918. The SMILES string of the molecule is CCCCNC([Se])=NCCC. The summed E-state index contributed by atoms with van der Waals surface area (Å²) < 4.78 is 0.959. The van der Waals surface area contributed by atoms with E-state index in [1.54, 1.807) is 0 Å². The van der Waals surface area contributed by atoms with Gasteiger partial charge in [0.1, 0.15) is 0 Å². The van der Waals surface area contributed by atoms with Gasteiger partial charge in [0.05, 0.1) is 0 Å². The molecule has 0 saturated carbocycles. The molecule has 0 saturated heterocycles. The molecule has 0 spiro atoms. The van der Waals surface area contributed by atoms with E-state index in [2.05, 4.69) is 40.2 Å². The van der Waals surface area contributed by atoms with Crippen LogP contribution in [0.25, 0.3) is 0 Å².